The first kappa shape index (κ1) is 13.2. The highest BCUT2D eigenvalue weighted by atomic mass is 32.2. The lowest BCUT2D eigenvalue weighted by Gasteiger charge is -2.26. The molecule has 2 rings (SSSR count). The van der Waals surface area contributed by atoms with Gasteiger partial charge in [-0.1, -0.05) is 12.5 Å². The van der Waals surface area contributed by atoms with Crippen molar-refractivity contribution in [2.45, 2.75) is 26.2 Å². The number of nitrogens with one attached hydrogen (secondary N) is 1. The highest BCUT2D eigenvalue weighted by Gasteiger charge is 2.24. The number of hydrogen-bond acceptors (Lipinski definition) is 3. The van der Waals surface area contributed by atoms with E-state index in [1.54, 1.807) is 12.1 Å². The molecule has 0 unspecified atom stereocenters. The van der Waals surface area contributed by atoms with Crippen molar-refractivity contribution in [3.8, 4) is 0 Å². The van der Waals surface area contributed by atoms with Crippen molar-refractivity contribution in [3.63, 3.8) is 0 Å². The number of nitrogen functional groups attached to an aromatic ring is 1. The molecule has 1 heterocycles. The molecule has 100 valence electrons. The van der Waals surface area contributed by atoms with Crippen molar-refractivity contribution >= 4 is 21.6 Å². The van der Waals surface area contributed by atoms with Crippen LogP contribution in [-0.2, 0) is 10.2 Å². The lowest BCUT2D eigenvalue weighted by Crippen LogP contribution is -2.39. The zero-order valence-corrected chi connectivity index (χ0v) is 11.3. The number of hydrogen-bond donors (Lipinski definition) is 2. The maximum atomic E-state index is 12.2. The first-order valence-corrected chi connectivity index (χ1v) is 7.57. The van der Waals surface area contributed by atoms with Crippen LogP contribution in [0.3, 0.4) is 0 Å². The Bertz CT molecular complexity index is 522. The van der Waals surface area contributed by atoms with E-state index >= 15 is 0 Å². The molecule has 6 heteroatoms. The molecule has 0 radical (unpaired) electrons. The molecular formula is C12H19N3O2S. The fourth-order valence-electron chi connectivity index (χ4n) is 2.06. The normalized spacial score (nSPS) is 17.6. The molecule has 18 heavy (non-hydrogen) atoms. The Morgan fingerprint density at radius 1 is 1.22 bits per heavy atom. The first-order valence-electron chi connectivity index (χ1n) is 6.13. The molecule has 1 aliphatic heterocycles. The minimum absolute atomic E-state index is 0.553. The molecule has 0 atom stereocenters. The predicted molar refractivity (Wildman–Crippen MR) is 73.6 cm³/mol. The molecule has 0 amide bonds. The van der Waals surface area contributed by atoms with Crippen LogP contribution in [0, 0.1) is 6.92 Å². The van der Waals surface area contributed by atoms with Crippen LogP contribution >= 0.6 is 0 Å². The van der Waals surface area contributed by atoms with E-state index in [0.29, 0.717) is 24.5 Å². The summed E-state index contributed by atoms with van der Waals surface area (Å²) in [7, 11) is -3.45. The van der Waals surface area contributed by atoms with Crippen LogP contribution in [-0.4, -0.2) is 25.8 Å². The first-order chi connectivity index (χ1) is 8.49. The Kier molecular flexibility index (Phi) is 3.77. The number of benzene rings is 1. The summed E-state index contributed by atoms with van der Waals surface area (Å²) in [5.74, 6) is 0. The summed E-state index contributed by atoms with van der Waals surface area (Å²) in [6.45, 7) is 3.04. The van der Waals surface area contributed by atoms with Gasteiger partial charge in [-0.25, -0.2) is 0 Å². The van der Waals surface area contributed by atoms with Crippen molar-refractivity contribution in [3.05, 3.63) is 23.8 Å². The van der Waals surface area contributed by atoms with Gasteiger partial charge in [-0.2, -0.15) is 12.7 Å². The van der Waals surface area contributed by atoms with E-state index in [9.17, 15) is 8.42 Å². The third-order valence-corrected chi connectivity index (χ3v) is 4.68. The largest absolute Gasteiger partial charge is 0.399 e. The highest BCUT2D eigenvalue weighted by molar-refractivity contribution is 7.90. The molecule has 0 bridgehead atoms. The summed E-state index contributed by atoms with van der Waals surface area (Å²) < 4.78 is 28.5. The second kappa shape index (κ2) is 5.16. The SMILES string of the molecule is Cc1ccc(N)cc1NS(=O)(=O)N1CCCCC1. The minimum Gasteiger partial charge on any atom is -0.399 e. The molecule has 1 aromatic rings. The fourth-order valence-corrected chi connectivity index (χ4v) is 3.42. The third-order valence-electron chi connectivity index (χ3n) is 3.16. The minimum atomic E-state index is -3.45. The van der Waals surface area contributed by atoms with E-state index in [2.05, 4.69) is 4.72 Å². The number of piperidine rings is 1. The molecule has 0 aliphatic carbocycles. The third kappa shape index (κ3) is 2.94. The van der Waals surface area contributed by atoms with Crippen LogP contribution in [0.15, 0.2) is 18.2 Å². The van der Waals surface area contributed by atoms with Gasteiger partial charge in [-0.15, -0.1) is 0 Å². The van der Waals surface area contributed by atoms with Crippen LogP contribution in [0.4, 0.5) is 11.4 Å². The molecule has 5 nitrogen and oxygen atoms in total. The van der Waals surface area contributed by atoms with Crippen molar-refractivity contribution in [2.24, 2.45) is 0 Å². The van der Waals surface area contributed by atoms with Crippen molar-refractivity contribution < 1.29 is 8.42 Å². The van der Waals surface area contributed by atoms with E-state index in [1.165, 1.54) is 4.31 Å². The van der Waals surface area contributed by atoms with Gasteiger partial charge in [0.2, 0.25) is 0 Å². The number of aryl methyl sites for hydroxylation is 1. The van der Waals surface area contributed by atoms with Gasteiger partial charge < -0.3 is 5.73 Å². The monoisotopic (exact) mass is 269 g/mol. The summed E-state index contributed by atoms with van der Waals surface area (Å²) in [6, 6.07) is 5.22. The average molecular weight is 269 g/mol. The summed E-state index contributed by atoms with van der Waals surface area (Å²) in [6.07, 6.45) is 2.96. The molecule has 1 saturated heterocycles. The Labute approximate surface area is 108 Å². The van der Waals surface area contributed by atoms with Crippen molar-refractivity contribution in [1.82, 2.24) is 4.31 Å². The predicted octanol–water partition coefficient (Wildman–Crippen LogP) is 1.72. The Morgan fingerprint density at radius 2 is 1.89 bits per heavy atom. The molecule has 3 N–H and O–H groups in total. The Balaban J connectivity index is 2.18. The standard InChI is InChI=1S/C12H19N3O2S/c1-10-5-6-11(13)9-12(10)14-18(16,17)15-7-3-2-4-8-15/h5-6,9,14H,2-4,7-8,13H2,1H3. The van der Waals surface area contributed by atoms with Crippen molar-refractivity contribution in [2.75, 3.05) is 23.5 Å². The van der Waals surface area contributed by atoms with Gasteiger partial charge in [0.15, 0.2) is 0 Å². The van der Waals surface area contributed by atoms with Gasteiger partial charge in [0.05, 0.1) is 5.69 Å². The van der Waals surface area contributed by atoms with E-state index in [4.69, 9.17) is 5.73 Å². The molecule has 0 spiro atoms. The van der Waals surface area contributed by atoms with Gasteiger partial charge in [-0.3, -0.25) is 4.72 Å². The van der Waals surface area contributed by atoms with Gasteiger partial charge >= 0.3 is 10.2 Å². The molecule has 1 aromatic carbocycles. The van der Waals surface area contributed by atoms with E-state index in [-0.39, 0.29) is 0 Å². The zero-order valence-electron chi connectivity index (χ0n) is 10.5. The molecule has 0 saturated carbocycles. The topological polar surface area (TPSA) is 75.4 Å². The lowest BCUT2D eigenvalue weighted by molar-refractivity contribution is 0.349. The molecule has 1 fully saturated rings. The quantitative estimate of drug-likeness (QED) is 0.820. The Morgan fingerprint density at radius 3 is 2.56 bits per heavy atom. The lowest BCUT2D eigenvalue weighted by atomic mass is 10.2. The van der Waals surface area contributed by atoms with E-state index in [0.717, 1.165) is 24.8 Å². The van der Waals surface area contributed by atoms with Gasteiger partial charge in [0.1, 0.15) is 0 Å². The molecule has 0 aromatic heterocycles. The van der Waals surface area contributed by atoms with Gasteiger partial charge in [-0.05, 0) is 37.5 Å². The van der Waals surface area contributed by atoms with Crippen LogP contribution in [0.1, 0.15) is 24.8 Å². The van der Waals surface area contributed by atoms with Crippen LogP contribution in [0.25, 0.3) is 0 Å². The molecule has 1 aliphatic rings. The van der Waals surface area contributed by atoms with Crippen LogP contribution in [0.5, 0.6) is 0 Å². The zero-order chi connectivity index (χ0) is 13.2. The number of nitrogens with zero attached hydrogens (tertiary/aromatic N) is 1. The maximum Gasteiger partial charge on any atom is 0.301 e. The highest BCUT2D eigenvalue weighted by Crippen LogP contribution is 2.21. The van der Waals surface area contributed by atoms with Gasteiger partial charge in [0, 0.05) is 18.8 Å². The summed E-state index contributed by atoms with van der Waals surface area (Å²) in [5.41, 5.74) is 7.65. The fraction of sp³-hybridized carbons (Fsp3) is 0.500. The number of rotatable bonds is 3. The molecular weight excluding hydrogens is 250 g/mol. The summed E-state index contributed by atoms with van der Waals surface area (Å²) >= 11 is 0. The summed E-state index contributed by atoms with van der Waals surface area (Å²) in [5, 5.41) is 0. The van der Waals surface area contributed by atoms with Crippen LogP contribution < -0.4 is 10.5 Å². The van der Waals surface area contributed by atoms with E-state index < -0.39 is 10.2 Å². The summed E-state index contributed by atoms with van der Waals surface area (Å²) in [4.78, 5) is 0. The van der Waals surface area contributed by atoms with E-state index in [1.807, 2.05) is 13.0 Å². The second-order valence-corrected chi connectivity index (χ2v) is 6.31. The van der Waals surface area contributed by atoms with Crippen molar-refractivity contribution in [1.29, 1.82) is 0 Å². The van der Waals surface area contributed by atoms with Crippen LogP contribution in [0.2, 0.25) is 0 Å². The Hall–Kier alpha value is -1.27. The number of anilines is 2. The smallest absolute Gasteiger partial charge is 0.301 e. The van der Waals surface area contributed by atoms with Gasteiger partial charge in [0.25, 0.3) is 0 Å². The number of nitrogens with two attached hydrogens (primary N) is 1. The maximum absolute atomic E-state index is 12.2. The average Bonchev–Trinajstić information content (AvgIpc) is 2.35. The second-order valence-electron chi connectivity index (χ2n) is 4.64.